The van der Waals surface area contributed by atoms with Gasteiger partial charge in [0.25, 0.3) is 0 Å². The second-order valence-electron chi connectivity index (χ2n) is 8.09. The number of aliphatic hydroxyl groups excluding tert-OH is 3. The molecule has 0 radical (unpaired) electrons. The third-order valence-electron chi connectivity index (χ3n) is 5.73. The molecule has 0 aliphatic carbocycles. The number of aryl methyl sites for hydroxylation is 1. The number of aliphatic hydroxyl groups is 3. The van der Waals surface area contributed by atoms with Crippen molar-refractivity contribution < 1.29 is 33.2 Å². The third-order valence-corrected chi connectivity index (χ3v) is 7.70. The van der Waals surface area contributed by atoms with Gasteiger partial charge in [0.1, 0.15) is 18.3 Å². The van der Waals surface area contributed by atoms with Crippen LogP contribution >= 0.6 is 0 Å². The van der Waals surface area contributed by atoms with E-state index in [9.17, 15) is 23.7 Å². The molecule has 7 atom stereocenters. The molecule has 2 heterocycles. The van der Waals surface area contributed by atoms with Crippen molar-refractivity contribution in [2.75, 3.05) is 6.54 Å². The molecule has 2 fully saturated rings. The van der Waals surface area contributed by atoms with Crippen LogP contribution in [0.4, 0.5) is 0 Å². The first-order valence-corrected chi connectivity index (χ1v) is 11.5. The number of sulfonamides is 1. The molecule has 3 rings (SSSR count). The molecule has 0 saturated carbocycles. The molecule has 29 heavy (non-hydrogen) atoms. The molecule has 0 unspecified atom stereocenters. The Hall–Kier alpha value is -1.07. The SMILES string of the molecule is Cc1ccc(S(=O)(=O)N2CCC[C@H]2C[C@@H](C)O[C@H]2O[C@@H](C)[C@@H](O)[C@@H](O)[C@@H]2O)cc1. The van der Waals surface area contributed by atoms with E-state index in [2.05, 4.69) is 0 Å². The van der Waals surface area contributed by atoms with Crippen LogP contribution in [0.25, 0.3) is 0 Å². The average Bonchev–Trinajstić information content (AvgIpc) is 3.13. The summed E-state index contributed by atoms with van der Waals surface area (Å²) in [6.07, 6.45) is -4.17. The molecule has 2 aliphatic rings. The third kappa shape index (κ3) is 4.82. The quantitative estimate of drug-likeness (QED) is 0.612. The predicted octanol–water partition coefficient (Wildman–Crippen LogP) is 0.771. The fourth-order valence-electron chi connectivity index (χ4n) is 4.00. The fourth-order valence-corrected chi connectivity index (χ4v) is 5.70. The van der Waals surface area contributed by atoms with E-state index in [0.717, 1.165) is 18.4 Å². The second-order valence-corrected chi connectivity index (χ2v) is 9.98. The summed E-state index contributed by atoms with van der Waals surface area (Å²) in [5, 5.41) is 29.8. The van der Waals surface area contributed by atoms with Gasteiger partial charge in [0.15, 0.2) is 6.29 Å². The van der Waals surface area contributed by atoms with Crippen molar-refractivity contribution in [2.45, 2.75) is 87.8 Å². The molecule has 0 aromatic heterocycles. The van der Waals surface area contributed by atoms with Gasteiger partial charge in [-0.2, -0.15) is 4.31 Å². The van der Waals surface area contributed by atoms with E-state index in [4.69, 9.17) is 9.47 Å². The van der Waals surface area contributed by atoms with Gasteiger partial charge in [0.05, 0.1) is 17.1 Å². The number of ether oxygens (including phenoxy) is 2. The van der Waals surface area contributed by atoms with E-state index < -0.39 is 46.8 Å². The molecule has 0 spiro atoms. The highest BCUT2D eigenvalue weighted by molar-refractivity contribution is 7.89. The van der Waals surface area contributed by atoms with Crippen molar-refractivity contribution in [1.82, 2.24) is 4.31 Å². The normalized spacial score (nSPS) is 35.0. The van der Waals surface area contributed by atoms with Gasteiger partial charge in [0.2, 0.25) is 10.0 Å². The van der Waals surface area contributed by atoms with Crippen molar-refractivity contribution in [3.05, 3.63) is 29.8 Å². The predicted molar refractivity (Wildman–Crippen MR) is 106 cm³/mol. The standard InChI is InChI=1S/C20H31NO7S/c1-12-6-8-16(9-7-12)29(25,26)21-10-4-5-15(21)11-13(2)27-20-19(24)18(23)17(22)14(3)28-20/h6-9,13-15,17-20,22-24H,4-5,10-11H2,1-3H3/t13-,14+,15+,17-,18-,19+,20+/m1/s1. The lowest BCUT2D eigenvalue weighted by atomic mass is 10.00. The molecule has 0 bridgehead atoms. The van der Waals surface area contributed by atoms with Crippen LogP contribution in [0.3, 0.4) is 0 Å². The summed E-state index contributed by atoms with van der Waals surface area (Å²) in [5.41, 5.74) is 0.997. The molecule has 8 nitrogen and oxygen atoms in total. The van der Waals surface area contributed by atoms with Crippen LogP contribution in [0.2, 0.25) is 0 Å². The minimum atomic E-state index is -3.59. The molecule has 3 N–H and O–H groups in total. The van der Waals surface area contributed by atoms with Crippen molar-refractivity contribution in [2.24, 2.45) is 0 Å². The van der Waals surface area contributed by atoms with Gasteiger partial charge in [-0.15, -0.1) is 0 Å². The first-order valence-electron chi connectivity index (χ1n) is 10.0. The Kier molecular flexibility index (Phi) is 6.99. The van der Waals surface area contributed by atoms with Gasteiger partial charge in [-0.3, -0.25) is 0 Å². The highest BCUT2D eigenvalue weighted by Gasteiger charge is 2.43. The maximum absolute atomic E-state index is 13.1. The first-order chi connectivity index (χ1) is 13.6. The second kappa shape index (κ2) is 8.97. The van der Waals surface area contributed by atoms with Gasteiger partial charge in [-0.05, 0) is 52.2 Å². The number of nitrogens with zero attached hydrogens (tertiary/aromatic N) is 1. The zero-order valence-electron chi connectivity index (χ0n) is 17.0. The van der Waals surface area contributed by atoms with Crippen LogP contribution in [0.15, 0.2) is 29.2 Å². The summed E-state index contributed by atoms with van der Waals surface area (Å²) in [4.78, 5) is 0.278. The molecule has 1 aromatic carbocycles. The number of hydrogen-bond acceptors (Lipinski definition) is 7. The topological polar surface area (TPSA) is 117 Å². The molecule has 9 heteroatoms. The van der Waals surface area contributed by atoms with Crippen LogP contribution in [0.1, 0.15) is 38.7 Å². The maximum atomic E-state index is 13.1. The van der Waals surface area contributed by atoms with E-state index in [-0.39, 0.29) is 10.9 Å². The van der Waals surface area contributed by atoms with Crippen molar-refractivity contribution in [3.63, 3.8) is 0 Å². The number of hydrogen-bond donors (Lipinski definition) is 3. The summed E-state index contributed by atoms with van der Waals surface area (Å²) in [6, 6.07) is 6.60. The Bertz CT molecular complexity index is 785. The minimum absolute atomic E-state index is 0.218. The van der Waals surface area contributed by atoms with Gasteiger partial charge >= 0.3 is 0 Å². The molecule has 164 valence electrons. The molecule has 1 aromatic rings. The summed E-state index contributed by atoms with van der Waals surface area (Å²) < 4.78 is 38.9. The van der Waals surface area contributed by atoms with Crippen LogP contribution < -0.4 is 0 Å². The van der Waals surface area contributed by atoms with Crippen molar-refractivity contribution >= 4 is 10.0 Å². The zero-order chi connectivity index (χ0) is 21.3. The van der Waals surface area contributed by atoms with Gasteiger partial charge in [-0.25, -0.2) is 8.42 Å². The number of benzene rings is 1. The first kappa shape index (κ1) is 22.6. The van der Waals surface area contributed by atoms with Gasteiger partial charge < -0.3 is 24.8 Å². The molecule has 2 aliphatic heterocycles. The van der Waals surface area contributed by atoms with Gasteiger partial charge in [0, 0.05) is 12.6 Å². The zero-order valence-corrected chi connectivity index (χ0v) is 17.8. The van der Waals surface area contributed by atoms with Gasteiger partial charge in [-0.1, -0.05) is 17.7 Å². The summed E-state index contributed by atoms with van der Waals surface area (Å²) in [7, 11) is -3.59. The highest BCUT2D eigenvalue weighted by atomic mass is 32.2. The number of rotatable bonds is 6. The average molecular weight is 430 g/mol. The monoisotopic (exact) mass is 429 g/mol. The Balaban J connectivity index is 1.65. The Morgan fingerprint density at radius 1 is 1.17 bits per heavy atom. The Morgan fingerprint density at radius 3 is 2.48 bits per heavy atom. The van der Waals surface area contributed by atoms with Crippen LogP contribution in [-0.2, 0) is 19.5 Å². The molecular formula is C20H31NO7S. The highest BCUT2D eigenvalue weighted by Crippen LogP contribution is 2.30. The van der Waals surface area contributed by atoms with E-state index >= 15 is 0 Å². The van der Waals surface area contributed by atoms with E-state index in [0.29, 0.717) is 13.0 Å². The summed E-state index contributed by atoms with van der Waals surface area (Å²) >= 11 is 0. The van der Waals surface area contributed by atoms with E-state index in [1.807, 2.05) is 6.92 Å². The lowest BCUT2D eigenvalue weighted by Gasteiger charge is -2.40. The lowest BCUT2D eigenvalue weighted by Crippen LogP contribution is -2.58. The summed E-state index contributed by atoms with van der Waals surface area (Å²) in [6.45, 7) is 5.74. The molecule has 0 amide bonds. The largest absolute Gasteiger partial charge is 0.388 e. The maximum Gasteiger partial charge on any atom is 0.243 e. The lowest BCUT2D eigenvalue weighted by molar-refractivity contribution is -0.303. The molecular weight excluding hydrogens is 398 g/mol. The van der Waals surface area contributed by atoms with Crippen LogP contribution in [0.5, 0.6) is 0 Å². The van der Waals surface area contributed by atoms with Crippen LogP contribution in [0, 0.1) is 6.92 Å². The smallest absolute Gasteiger partial charge is 0.243 e. The molecule has 2 saturated heterocycles. The van der Waals surface area contributed by atoms with E-state index in [1.54, 1.807) is 38.1 Å². The van der Waals surface area contributed by atoms with Crippen LogP contribution in [-0.4, -0.2) is 77.4 Å². The summed E-state index contributed by atoms with van der Waals surface area (Å²) in [5.74, 6) is 0. The minimum Gasteiger partial charge on any atom is -0.388 e. The van der Waals surface area contributed by atoms with Crippen molar-refractivity contribution in [3.8, 4) is 0 Å². The van der Waals surface area contributed by atoms with Crippen molar-refractivity contribution in [1.29, 1.82) is 0 Å². The van der Waals surface area contributed by atoms with E-state index in [1.165, 1.54) is 4.31 Å². The Labute approximate surface area is 172 Å². The Morgan fingerprint density at radius 2 is 1.83 bits per heavy atom. The fraction of sp³-hybridized carbons (Fsp3) is 0.700.